The summed E-state index contributed by atoms with van der Waals surface area (Å²) in [4.78, 5) is 24.6. The molecule has 0 spiro atoms. The van der Waals surface area contributed by atoms with Crippen molar-refractivity contribution in [1.29, 1.82) is 0 Å². The Morgan fingerprint density at radius 1 is 0.797 bits per heavy atom. The Morgan fingerprint density at radius 2 is 1.45 bits per heavy atom. The Labute approximate surface area is 375 Å². The minimum atomic E-state index is -4.63. The molecule has 3 N–H and O–H groups in total. The zero-order valence-electron chi connectivity index (χ0n) is 37.3. The molecule has 17 heteroatoms. The summed E-state index contributed by atoms with van der Waals surface area (Å²) in [7, 11) is -1.85. The standard InChI is InChI=1S/C47H65O16P/c1-5-6-7-8-9-10-11-12-13-14-15-16-17-18-19-20-21-59-64(51,52)63-44-36(53-3)22-30(23-37(44)54-4)39-31-24-34-35(58-28-57-34)25-32(31)43(33-26-56-46(50)40(33)39)62-47-42(49)41(48)45-38(61-47)27-55-29(2)60-45/h9-10,12-13,22-25,29,33,38-43,45,47-49H,5-8,11,14-21,26-28H2,1-4H3,(H,51,52)/b10-9-,13-12-/t29-,33+,38-,39?,40+,41-,42-,43-,45-,47+/m1/s1. The summed E-state index contributed by atoms with van der Waals surface area (Å²) < 4.78 is 77.0. The molecule has 11 atom stereocenters. The van der Waals surface area contributed by atoms with Gasteiger partial charge < -0.3 is 57.4 Å². The lowest BCUT2D eigenvalue weighted by atomic mass is 9.66. The highest BCUT2D eigenvalue weighted by Crippen LogP contribution is 2.58. The van der Waals surface area contributed by atoms with E-state index in [1.165, 1.54) is 33.5 Å². The first-order valence-electron chi connectivity index (χ1n) is 22.8. The third-order valence-corrected chi connectivity index (χ3v) is 13.5. The van der Waals surface area contributed by atoms with Crippen LogP contribution < -0.4 is 23.5 Å². The molecule has 0 amide bonds. The van der Waals surface area contributed by atoms with Gasteiger partial charge in [-0.1, -0.05) is 69.8 Å². The van der Waals surface area contributed by atoms with Gasteiger partial charge in [-0.2, -0.15) is 0 Å². The number of carbonyl (C=O) groups is 1. The van der Waals surface area contributed by atoms with Gasteiger partial charge in [0.05, 0.1) is 46.1 Å². The number of methoxy groups -OCH3 is 2. The number of rotatable bonds is 23. The van der Waals surface area contributed by atoms with Crippen LogP contribution in [-0.2, 0) is 37.6 Å². The largest absolute Gasteiger partial charge is 0.527 e. The number of hydrogen-bond acceptors (Lipinski definition) is 15. The summed E-state index contributed by atoms with van der Waals surface area (Å²) in [5.74, 6) is -1.73. The average Bonchev–Trinajstić information content (AvgIpc) is 3.91. The van der Waals surface area contributed by atoms with E-state index in [-0.39, 0.29) is 43.9 Å². The Bertz CT molecular complexity index is 1940. The van der Waals surface area contributed by atoms with Gasteiger partial charge in [-0.15, -0.1) is 0 Å². The molecular formula is C47H65O16P. The van der Waals surface area contributed by atoms with Crippen molar-refractivity contribution >= 4 is 13.8 Å². The second-order valence-electron chi connectivity index (χ2n) is 16.9. The first-order valence-corrected chi connectivity index (χ1v) is 24.3. The lowest BCUT2D eigenvalue weighted by Gasteiger charge is -2.47. The number of allylic oxidation sites excluding steroid dienone is 4. The van der Waals surface area contributed by atoms with Gasteiger partial charge in [-0.05, 0) is 86.4 Å². The molecule has 0 bridgehead atoms. The minimum Gasteiger partial charge on any atom is -0.493 e. The summed E-state index contributed by atoms with van der Waals surface area (Å²) in [5, 5.41) is 22.3. The molecule has 2 aromatic carbocycles. The fraction of sp³-hybridized carbons (Fsp3) is 0.638. The Morgan fingerprint density at radius 3 is 2.14 bits per heavy atom. The molecule has 3 saturated heterocycles. The summed E-state index contributed by atoms with van der Waals surface area (Å²) in [5.41, 5.74) is 1.78. The van der Waals surface area contributed by atoms with Crippen molar-refractivity contribution in [3.63, 3.8) is 0 Å². The maximum Gasteiger partial charge on any atom is 0.527 e. The van der Waals surface area contributed by atoms with E-state index in [0.717, 1.165) is 51.4 Å². The van der Waals surface area contributed by atoms with E-state index in [1.807, 2.05) is 0 Å². The van der Waals surface area contributed by atoms with Crippen LogP contribution in [0.1, 0.15) is 120 Å². The molecule has 0 aromatic heterocycles. The van der Waals surface area contributed by atoms with Crippen molar-refractivity contribution in [2.24, 2.45) is 11.8 Å². The van der Waals surface area contributed by atoms with Crippen molar-refractivity contribution in [2.75, 3.05) is 40.8 Å². The number of phosphoric acid groups is 1. The van der Waals surface area contributed by atoms with Crippen molar-refractivity contribution in [2.45, 2.75) is 140 Å². The van der Waals surface area contributed by atoms with E-state index in [4.69, 9.17) is 51.7 Å². The number of benzene rings is 2. The van der Waals surface area contributed by atoms with Crippen LogP contribution in [0.15, 0.2) is 48.6 Å². The van der Waals surface area contributed by atoms with Crippen molar-refractivity contribution in [3.8, 4) is 28.7 Å². The van der Waals surface area contributed by atoms with Crippen LogP contribution in [0.3, 0.4) is 0 Å². The van der Waals surface area contributed by atoms with Crippen molar-refractivity contribution in [3.05, 3.63) is 65.3 Å². The predicted molar refractivity (Wildman–Crippen MR) is 232 cm³/mol. The number of ether oxygens (including phenoxy) is 9. The first-order chi connectivity index (χ1) is 31.0. The maximum atomic E-state index is 13.8. The molecule has 4 heterocycles. The van der Waals surface area contributed by atoms with E-state index in [0.29, 0.717) is 34.6 Å². The normalized spacial score (nSPS) is 29.3. The smallest absolute Gasteiger partial charge is 0.493 e. The zero-order chi connectivity index (χ0) is 45.2. The quantitative estimate of drug-likeness (QED) is 0.0420. The lowest BCUT2D eigenvalue weighted by Crippen LogP contribution is -2.63. The number of hydrogen-bond donors (Lipinski definition) is 3. The molecule has 0 radical (unpaired) electrons. The third-order valence-electron chi connectivity index (χ3n) is 12.5. The molecule has 3 fully saturated rings. The molecule has 4 aliphatic heterocycles. The van der Waals surface area contributed by atoms with Gasteiger partial charge in [0, 0.05) is 11.8 Å². The first kappa shape index (κ1) is 48.2. The lowest BCUT2D eigenvalue weighted by molar-refractivity contribution is -0.364. The van der Waals surface area contributed by atoms with Crippen LogP contribution in [0.2, 0.25) is 0 Å². The Hall–Kier alpha value is -3.70. The number of unbranched alkanes of at least 4 members (excludes halogenated alkanes) is 9. The SMILES string of the molecule is CCCCC/C=C\C/C=C\CCCCCCCCOP(=O)(O)Oc1c(OC)cc(C2c3cc4c(cc3[C@@H](O[C@@H]3O[C@@H]5CO[C@@H](C)O[C@H]5[C@H](O)[C@H]3O)[C@H]3COC(=O)[C@H]23)OCO4)cc1OC. The van der Waals surface area contributed by atoms with Gasteiger partial charge in [0.1, 0.15) is 24.4 Å². The van der Waals surface area contributed by atoms with Crippen molar-refractivity contribution in [1.82, 2.24) is 0 Å². The number of fused-ring (bicyclic) bond motifs is 4. The molecule has 354 valence electrons. The van der Waals surface area contributed by atoms with Crippen LogP contribution >= 0.6 is 7.82 Å². The average molecular weight is 917 g/mol. The number of esters is 1. The number of aliphatic hydroxyl groups excluding tert-OH is 2. The summed E-state index contributed by atoms with van der Waals surface area (Å²) in [6, 6.07) is 6.80. The second-order valence-corrected chi connectivity index (χ2v) is 18.3. The minimum absolute atomic E-state index is 0.0185. The fourth-order valence-electron chi connectivity index (χ4n) is 9.22. The second kappa shape index (κ2) is 22.7. The molecule has 16 nitrogen and oxygen atoms in total. The summed E-state index contributed by atoms with van der Waals surface area (Å²) >= 11 is 0. The fourth-order valence-corrected chi connectivity index (χ4v) is 10.0. The van der Waals surface area contributed by atoms with Gasteiger partial charge in [-0.3, -0.25) is 14.2 Å². The molecule has 7 rings (SSSR count). The van der Waals surface area contributed by atoms with E-state index in [1.54, 1.807) is 31.2 Å². The Balaban J connectivity index is 1.00. The van der Waals surface area contributed by atoms with Gasteiger partial charge in [0.15, 0.2) is 35.6 Å². The molecule has 2 unspecified atom stereocenters. The van der Waals surface area contributed by atoms with E-state index >= 15 is 0 Å². The maximum absolute atomic E-state index is 13.8. The highest BCUT2D eigenvalue weighted by Gasteiger charge is 2.56. The van der Waals surface area contributed by atoms with Crippen LogP contribution in [0.25, 0.3) is 0 Å². The number of phosphoric ester groups is 1. The van der Waals surface area contributed by atoms with Gasteiger partial charge in [0.25, 0.3) is 0 Å². The zero-order valence-corrected chi connectivity index (χ0v) is 38.2. The van der Waals surface area contributed by atoms with Crippen molar-refractivity contribution < 1.29 is 76.1 Å². The van der Waals surface area contributed by atoms with Gasteiger partial charge in [0.2, 0.25) is 12.5 Å². The van der Waals surface area contributed by atoms with E-state index < -0.39 is 74.6 Å². The summed E-state index contributed by atoms with van der Waals surface area (Å²) in [6.45, 7) is 4.02. The Kier molecular flexibility index (Phi) is 17.1. The van der Waals surface area contributed by atoms with Gasteiger partial charge in [-0.25, -0.2) is 4.57 Å². The molecule has 1 aliphatic carbocycles. The molecule has 64 heavy (non-hydrogen) atoms. The predicted octanol–water partition coefficient (Wildman–Crippen LogP) is 7.94. The van der Waals surface area contributed by atoms with Crippen LogP contribution in [-0.4, -0.2) is 98.9 Å². The number of aliphatic hydroxyl groups is 2. The highest BCUT2D eigenvalue weighted by atomic mass is 31.2. The third kappa shape index (κ3) is 11.4. The van der Waals surface area contributed by atoms with E-state index in [9.17, 15) is 24.5 Å². The number of cyclic esters (lactones) is 1. The highest BCUT2D eigenvalue weighted by molar-refractivity contribution is 7.47. The molecule has 0 saturated carbocycles. The van der Waals surface area contributed by atoms with Gasteiger partial charge >= 0.3 is 13.8 Å². The topological polar surface area (TPSA) is 196 Å². The van der Waals surface area contributed by atoms with E-state index in [2.05, 4.69) is 31.2 Å². The van der Waals surface area contributed by atoms with Crippen LogP contribution in [0.5, 0.6) is 28.7 Å². The monoisotopic (exact) mass is 916 g/mol. The number of carbonyl (C=O) groups excluding carboxylic acids is 1. The molecular weight excluding hydrogens is 851 g/mol. The molecule has 5 aliphatic rings. The van der Waals surface area contributed by atoms with Crippen LogP contribution in [0.4, 0.5) is 0 Å². The van der Waals surface area contributed by atoms with Crippen LogP contribution in [0, 0.1) is 11.8 Å². The summed E-state index contributed by atoms with van der Waals surface area (Å²) in [6.07, 6.45) is 14.6. The molecule has 2 aromatic rings.